The molecule has 0 spiro atoms. The second-order valence-electron chi connectivity index (χ2n) is 7.89. The lowest BCUT2D eigenvalue weighted by Gasteiger charge is -2.28. The minimum atomic E-state index is -0.856. The van der Waals surface area contributed by atoms with Gasteiger partial charge in [-0.2, -0.15) is 0 Å². The average Bonchev–Trinajstić information content (AvgIpc) is 3.16. The van der Waals surface area contributed by atoms with Crippen molar-refractivity contribution in [1.29, 1.82) is 0 Å². The van der Waals surface area contributed by atoms with Crippen LogP contribution in [0.2, 0.25) is 0 Å². The number of carbonyl (C=O) groups is 1. The number of thiophene rings is 1. The Bertz CT molecular complexity index is 876. The van der Waals surface area contributed by atoms with Crippen molar-refractivity contribution in [2.45, 2.75) is 50.9 Å². The van der Waals surface area contributed by atoms with E-state index in [2.05, 4.69) is 39.0 Å². The van der Waals surface area contributed by atoms with E-state index in [-0.39, 0.29) is 0 Å². The first kappa shape index (κ1) is 15.6. The molecule has 2 aliphatic rings. The van der Waals surface area contributed by atoms with Crippen LogP contribution in [0.25, 0.3) is 12.2 Å². The van der Waals surface area contributed by atoms with Gasteiger partial charge in [0.15, 0.2) is 0 Å². The number of aromatic carboxylic acids is 1. The molecule has 0 radical (unpaired) electrons. The van der Waals surface area contributed by atoms with Gasteiger partial charge < -0.3 is 5.11 Å². The molecule has 0 saturated heterocycles. The van der Waals surface area contributed by atoms with Gasteiger partial charge in [0.25, 0.3) is 0 Å². The highest BCUT2D eigenvalue weighted by molar-refractivity contribution is 7.14. The van der Waals surface area contributed by atoms with E-state index >= 15 is 0 Å². The van der Waals surface area contributed by atoms with E-state index in [0.717, 1.165) is 4.88 Å². The third kappa shape index (κ3) is 2.26. The fraction of sp³-hybridized carbons (Fsp3) is 0.381. The van der Waals surface area contributed by atoms with Crippen LogP contribution in [0.3, 0.4) is 0 Å². The fourth-order valence-corrected chi connectivity index (χ4v) is 5.43. The Labute approximate surface area is 146 Å². The van der Waals surface area contributed by atoms with Crippen LogP contribution in [0.15, 0.2) is 24.3 Å². The van der Waals surface area contributed by atoms with Crippen molar-refractivity contribution in [2.24, 2.45) is 0 Å². The van der Waals surface area contributed by atoms with E-state index < -0.39 is 5.97 Å². The molecule has 2 aliphatic carbocycles. The van der Waals surface area contributed by atoms with Crippen molar-refractivity contribution in [2.75, 3.05) is 0 Å². The van der Waals surface area contributed by atoms with Crippen molar-refractivity contribution >= 4 is 29.5 Å². The highest BCUT2D eigenvalue weighted by Crippen LogP contribution is 2.60. The predicted octanol–water partition coefficient (Wildman–Crippen LogP) is 5.64. The molecule has 2 bridgehead atoms. The number of carboxylic acid groups (broad SMARTS) is 1. The zero-order chi connectivity index (χ0) is 17.1. The molecule has 2 atom stereocenters. The van der Waals surface area contributed by atoms with Crippen molar-refractivity contribution in [3.05, 3.63) is 56.3 Å². The van der Waals surface area contributed by atoms with Crippen LogP contribution in [0, 0.1) is 6.92 Å². The Morgan fingerprint density at radius 3 is 2.42 bits per heavy atom. The van der Waals surface area contributed by atoms with Crippen LogP contribution in [-0.4, -0.2) is 11.1 Å². The van der Waals surface area contributed by atoms with Gasteiger partial charge in [-0.05, 0) is 77.5 Å². The lowest BCUT2D eigenvalue weighted by Crippen LogP contribution is -2.18. The minimum Gasteiger partial charge on any atom is -0.477 e. The summed E-state index contributed by atoms with van der Waals surface area (Å²) >= 11 is 1.32. The van der Waals surface area contributed by atoms with E-state index in [4.69, 9.17) is 5.11 Å². The van der Waals surface area contributed by atoms with Crippen molar-refractivity contribution in [1.82, 2.24) is 0 Å². The topological polar surface area (TPSA) is 37.3 Å². The molecular weight excluding hydrogens is 316 g/mol. The molecule has 3 heteroatoms. The van der Waals surface area contributed by atoms with Gasteiger partial charge >= 0.3 is 5.97 Å². The van der Waals surface area contributed by atoms with Gasteiger partial charge in [0, 0.05) is 4.88 Å². The number of benzene rings is 1. The van der Waals surface area contributed by atoms with E-state index in [1.54, 1.807) is 11.6 Å². The Kier molecular flexibility index (Phi) is 3.30. The third-order valence-electron chi connectivity index (χ3n) is 5.98. The molecule has 2 aromatic rings. The van der Waals surface area contributed by atoms with E-state index in [1.807, 2.05) is 12.1 Å². The predicted molar refractivity (Wildman–Crippen MR) is 99.9 cm³/mol. The molecule has 1 fully saturated rings. The molecule has 124 valence electrons. The molecule has 0 amide bonds. The van der Waals surface area contributed by atoms with Gasteiger partial charge in [0.1, 0.15) is 4.88 Å². The van der Waals surface area contributed by atoms with Gasteiger partial charge in [-0.15, -0.1) is 11.3 Å². The van der Waals surface area contributed by atoms with Gasteiger partial charge in [-0.1, -0.05) is 32.1 Å². The Balaban J connectivity index is 1.70. The average molecular weight is 338 g/mol. The molecule has 2 unspecified atom stereocenters. The first-order chi connectivity index (χ1) is 11.3. The molecule has 2 nitrogen and oxygen atoms in total. The van der Waals surface area contributed by atoms with Gasteiger partial charge in [0.2, 0.25) is 0 Å². The molecule has 1 saturated carbocycles. The van der Waals surface area contributed by atoms with Gasteiger partial charge in [-0.3, -0.25) is 0 Å². The summed E-state index contributed by atoms with van der Waals surface area (Å²) in [4.78, 5) is 12.4. The molecule has 1 N–H and O–H groups in total. The summed E-state index contributed by atoms with van der Waals surface area (Å²) in [7, 11) is 0. The molecule has 1 heterocycles. The highest BCUT2D eigenvalue weighted by atomic mass is 32.1. The fourth-order valence-electron chi connectivity index (χ4n) is 4.68. The smallest absolute Gasteiger partial charge is 0.345 e. The highest BCUT2D eigenvalue weighted by Gasteiger charge is 2.52. The summed E-state index contributed by atoms with van der Waals surface area (Å²) in [6.07, 6.45) is 8.02. The summed E-state index contributed by atoms with van der Waals surface area (Å²) in [5.41, 5.74) is 6.32. The Morgan fingerprint density at radius 1 is 1.12 bits per heavy atom. The Morgan fingerprint density at radius 2 is 1.79 bits per heavy atom. The number of fused-ring (bicyclic) bond motifs is 5. The lowest BCUT2D eigenvalue weighted by atomic mass is 9.77. The summed E-state index contributed by atoms with van der Waals surface area (Å²) in [6.45, 7) is 7.00. The van der Waals surface area contributed by atoms with Crippen molar-refractivity contribution in [3.63, 3.8) is 0 Å². The van der Waals surface area contributed by atoms with Crippen LogP contribution in [0.5, 0.6) is 0 Å². The van der Waals surface area contributed by atoms with E-state index in [9.17, 15) is 4.79 Å². The quantitative estimate of drug-likeness (QED) is 0.786. The summed E-state index contributed by atoms with van der Waals surface area (Å²) in [5, 5.41) is 9.03. The van der Waals surface area contributed by atoms with Crippen molar-refractivity contribution in [3.8, 4) is 0 Å². The standard InChI is InChI=1S/C21H22O2S/c1-13-10-16-17(21(3)9-8-20(16,2)12-21)11-14(13)4-5-15-6-7-18(24-15)19(22)23/h4-7,10-11H,8-9,12H2,1-3H3,(H,22,23)/b5-4+. The summed E-state index contributed by atoms with van der Waals surface area (Å²) < 4.78 is 0. The minimum absolute atomic E-state index is 0.333. The number of aryl methyl sites for hydroxylation is 1. The van der Waals surface area contributed by atoms with Crippen LogP contribution >= 0.6 is 11.3 Å². The normalized spacial score (nSPS) is 27.8. The first-order valence-corrected chi connectivity index (χ1v) is 9.29. The first-order valence-electron chi connectivity index (χ1n) is 8.48. The van der Waals surface area contributed by atoms with Gasteiger partial charge in [-0.25, -0.2) is 4.79 Å². The molecule has 1 aromatic heterocycles. The zero-order valence-corrected chi connectivity index (χ0v) is 15.2. The third-order valence-corrected chi connectivity index (χ3v) is 7.02. The molecule has 4 rings (SSSR count). The number of rotatable bonds is 3. The molecule has 1 aromatic carbocycles. The molecular formula is C21H22O2S. The zero-order valence-electron chi connectivity index (χ0n) is 14.3. The van der Waals surface area contributed by atoms with Crippen LogP contribution in [0.1, 0.15) is 69.9 Å². The Hall–Kier alpha value is -1.87. The number of hydrogen-bond acceptors (Lipinski definition) is 2. The molecule has 0 aliphatic heterocycles. The SMILES string of the molecule is Cc1cc2c(cc1/C=C/c1ccc(C(=O)O)s1)C1(C)CCC2(C)C1. The maximum Gasteiger partial charge on any atom is 0.345 e. The van der Waals surface area contributed by atoms with Crippen LogP contribution < -0.4 is 0 Å². The second kappa shape index (κ2) is 5.06. The van der Waals surface area contributed by atoms with Crippen molar-refractivity contribution < 1.29 is 9.90 Å². The lowest BCUT2D eigenvalue weighted by molar-refractivity contribution is 0.0702. The van der Waals surface area contributed by atoms with E-state index in [1.165, 1.54) is 47.3 Å². The maximum absolute atomic E-state index is 11.0. The number of hydrogen-bond donors (Lipinski definition) is 1. The largest absolute Gasteiger partial charge is 0.477 e. The maximum atomic E-state index is 11.0. The summed E-state index contributed by atoms with van der Waals surface area (Å²) in [6, 6.07) is 8.30. The van der Waals surface area contributed by atoms with E-state index in [0.29, 0.717) is 15.7 Å². The summed E-state index contributed by atoms with van der Waals surface area (Å²) in [5.74, 6) is -0.856. The number of carboxylic acids is 1. The van der Waals surface area contributed by atoms with Crippen LogP contribution in [-0.2, 0) is 10.8 Å². The second-order valence-corrected chi connectivity index (χ2v) is 9.01. The molecule has 24 heavy (non-hydrogen) atoms. The van der Waals surface area contributed by atoms with Gasteiger partial charge in [0.05, 0.1) is 0 Å². The van der Waals surface area contributed by atoms with Crippen LogP contribution in [0.4, 0.5) is 0 Å². The monoisotopic (exact) mass is 338 g/mol.